The van der Waals surface area contributed by atoms with Crippen LogP contribution in [-0.4, -0.2) is 4.92 Å². The third-order valence-corrected chi connectivity index (χ3v) is 2.25. The number of benzene rings is 1. The van der Waals surface area contributed by atoms with Gasteiger partial charge in [-0.1, -0.05) is 19.1 Å². The van der Waals surface area contributed by atoms with Gasteiger partial charge in [-0.2, -0.15) is 0 Å². The average Bonchev–Trinajstić information content (AvgIpc) is 2.07. The van der Waals surface area contributed by atoms with Crippen LogP contribution in [0.15, 0.2) is 12.1 Å². The maximum absolute atomic E-state index is 10.8. The van der Waals surface area contributed by atoms with E-state index in [1.54, 1.807) is 13.0 Å². The van der Waals surface area contributed by atoms with Gasteiger partial charge < -0.3 is 0 Å². The van der Waals surface area contributed by atoms with E-state index in [9.17, 15) is 10.1 Å². The predicted octanol–water partition coefficient (Wildman–Crippen LogP) is 2.77. The molecule has 0 heterocycles. The van der Waals surface area contributed by atoms with Crippen molar-refractivity contribution in [3.63, 3.8) is 0 Å². The third-order valence-electron chi connectivity index (χ3n) is 2.25. The van der Waals surface area contributed by atoms with E-state index in [-0.39, 0.29) is 10.6 Å². The second kappa shape index (κ2) is 3.56. The van der Waals surface area contributed by atoms with Crippen LogP contribution in [0.25, 0.3) is 0 Å². The van der Waals surface area contributed by atoms with Crippen molar-refractivity contribution >= 4 is 5.69 Å². The van der Waals surface area contributed by atoms with Gasteiger partial charge in [-0.05, 0) is 25.8 Å². The van der Waals surface area contributed by atoms with E-state index in [2.05, 4.69) is 0 Å². The molecule has 0 unspecified atom stereocenters. The number of aryl methyl sites for hydroxylation is 2. The van der Waals surface area contributed by atoms with E-state index in [0.717, 1.165) is 16.7 Å². The van der Waals surface area contributed by atoms with Crippen LogP contribution < -0.4 is 0 Å². The van der Waals surface area contributed by atoms with Crippen LogP contribution in [0.5, 0.6) is 0 Å². The molecule has 0 N–H and O–H groups in total. The summed E-state index contributed by atoms with van der Waals surface area (Å²) in [6.07, 6.45) is 0.712. The lowest BCUT2D eigenvalue weighted by Gasteiger charge is -2.05. The Morgan fingerprint density at radius 3 is 2.23 bits per heavy atom. The molecule has 0 aliphatic carbocycles. The second-order valence-electron chi connectivity index (χ2n) is 3.14. The maximum atomic E-state index is 10.8. The Balaban J connectivity index is 3.43. The third kappa shape index (κ3) is 1.69. The highest BCUT2D eigenvalue weighted by atomic mass is 16.6. The van der Waals surface area contributed by atoms with Crippen molar-refractivity contribution < 1.29 is 4.92 Å². The molecule has 1 aromatic rings. The largest absolute Gasteiger partial charge is 0.275 e. The lowest BCUT2D eigenvalue weighted by atomic mass is 10.0. The lowest BCUT2D eigenvalue weighted by Crippen LogP contribution is -1.99. The van der Waals surface area contributed by atoms with Crippen LogP contribution in [-0.2, 0) is 6.42 Å². The van der Waals surface area contributed by atoms with Crippen LogP contribution in [0.1, 0.15) is 23.6 Å². The summed E-state index contributed by atoms with van der Waals surface area (Å²) < 4.78 is 0. The van der Waals surface area contributed by atoms with Gasteiger partial charge in [0.05, 0.1) is 4.92 Å². The summed E-state index contributed by atoms with van der Waals surface area (Å²) in [5.41, 5.74) is 2.87. The molecule has 13 heavy (non-hydrogen) atoms. The van der Waals surface area contributed by atoms with Gasteiger partial charge in [0, 0.05) is 11.1 Å². The minimum atomic E-state index is -0.291. The summed E-state index contributed by atoms with van der Waals surface area (Å²) >= 11 is 0. The number of nitro benzene ring substituents is 1. The molecule has 0 spiro atoms. The molecule has 3 heteroatoms. The van der Waals surface area contributed by atoms with Crippen molar-refractivity contribution in [3.05, 3.63) is 38.9 Å². The van der Waals surface area contributed by atoms with Gasteiger partial charge in [-0.25, -0.2) is 0 Å². The Kier molecular flexibility index (Phi) is 2.66. The zero-order valence-electron chi connectivity index (χ0n) is 8.13. The quantitative estimate of drug-likeness (QED) is 0.517. The molecule has 0 atom stereocenters. The van der Waals surface area contributed by atoms with Gasteiger partial charge in [0.25, 0.3) is 5.69 Å². The summed E-state index contributed by atoms with van der Waals surface area (Å²) in [7, 11) is 0. The van der Waals surface area contributed by atoms with Crippen molar-refractivity contribution in [2.24, 2.45) is 0 Å². The molecule has 1 aromatic carbocycles. The molecular formula is C10H13NO2. The fraction of sp³-hybridized carbons (Fsp3) is 0.400. The molecule has 0 saturated heterocycles. The number of rotatable bonds is 2. The number of nitro groups is 1. The van der Waals surface area contributed by atoms with Crippen LogP contribution in [0, 0.1) is 24.0 Å². The van der Waals surface area contributed by atoms with Gasteiger partial charge in [-0.3, -0.25) is 10.1 Å². The molecule has 0 aliphatic heterocycles. The Bertz CT molecular complexity index is 345. The van der Waals surface area contributed by atoms with Crippen molar-refractivity contribution in [2.45, 2.75) is 27.2 Å². The van der Waals surface area contributed by atoms with Crippen molar-refractivity contribution in [2.75, 3.05) is 0 Å². The molecule has 0 saturated carbocycles. The van der Waals surface area contributed by atoms with Crippen LogP contribution in [0.2, 0.25) is 0 Å². The van der Waals surface area contributed by atoms with Gasteiger partial charge >= 0.3 is 0 Å². The smallest absolute Gasteiger partial charge is 0.258 e. The maximum Gasteiger partial charge on any atom is 0.275 e. The topological polar surface area (TPSA) is 43.1 Å². The minimum absolute atomic E-state index is 0.280. The predicted molar refractivity (Wildman–Crippen MR) is 51.9 cm³/mol. The highest BCUT2D eigenvalue weighted by Gasteiger charge is 2.17. The molecule has 70 valence electrons. The zero-order chi connectivity index (χ0) is 10.0. The summed E-state index contributed by atoms with van der Waals surface area (Å²) in [6.45, 7) is 5.62. The first-order chi connectivity index (χ1) is 6.07. The van der Waals surface area contributed by atoms with Gasteiger partial charge in [0.15, 0.2) is 0 Å². The van der Waals surface area contributed by atoms with Gasteiger partial charge in [0.1, 0.15) is 0 Å². The van der Waals surface area contributed by atoms with Crippen LogP contribution in [0.3, 0.4) is 0 Å². The van der Waals surface area contributed by atoms with E-state index in [1.807, 2.05) is 19.9 Å². The highest BCUT2D eigenvalue weighted by Crippen LogP contribution is 2.26. The van der Waals surface area contributed by atoms with Crippen molar-refractivity contribution in [1.82, 2.24) is 0 Å². The van der Waals surface area contributed by atoms with Crippen molar-refractivity contribution in [3.8, 4) is 0 Å². The van der Waals surface area contributed by atoms with Crippen LogP contribution >= 0.6 is 0 Å². The number of hydrogen-bond donors (Lipinski definition) is 0. The Hall–Kier alpha value is -1.38. The molecule has 0 aromatic heterocycles. The lowest BCUT2D eigenvalue weighted by molar-refractivity contribution is -0.386. The van der Waals surface area contributed by atoms with Gasteiger partial charge in [-0.15, -0.1) is 0 Å². The monoisotopic (exact) mass is 179 g/mol. The normalized spacial score (nSPS) is 10.1. The summed E-state index contributed by atoms with van der Waals surface area (Å²) in [5, 5.41) is 10.8. The second-order valence-corrected chi connectivity index (χ2v) is 3.14. The zero-order valence-corrected chi connectivity index (χ0v) is 8.13. The minimum Gasteiger partial charge on any atom is -0.258 e. The Morgan fingerprint density at radius 1 is 1.31 bits per heavy atom. The van der Waals surface area contributed by atoms with Gasteiger partial charge in [0.2, 0.25) is 0 Å². The standard InChI is InChI=1S/C10H13NO2/c1-4-9-7(2)5-6-8(3)10(9)11(12)13/h5-6H,4H2,1-3H3. The molecular weight excluding hydrogens is 166 g/mol. The summed E-state index contributed by atoms with van der Waals surface area (Å²) in [5.74, 6) is 0. The summed E-state index contributed by atoms with van der Waals surface area (Å²) in [6, 6.07) is 3.73. The number of hydrogen-bond acceptors (Lipinski definition) is 2. The molecule has 3 nitrogen and oxygen atoms in total. The van der Waals surface area contributed by atoms with Crippen LogP contribution in [0.4, 0.5) is 5.69 Å². The Morgan fingerprint density at radius 2 is 1.85 bits per heavy atom. The van der Waals surface area contributed by atoms with E-state index < -0.39 is 0 Å². The fourth-order valence-corrected chi connectivity index (χ4v) is 1.55. The van der Waals surface area contributed by atoms with E-state index in [1.165, 1.54) is 0 Å². The molecule has 0 radical (unpaired) electrons. The molecule has 1 rings (SSSR count). The fourth-order valence-electron chi connectivity index (χ4n) is 1.55. The molecule has 0 fully saturated rings. The van der Waals surface area contributed by atoms with E-state index >= 15 is 0 Å². The average molecular weight is 179 g/mol. The molecule has 0 aliphatic rings. The number of nitrogens with zero attached hydrogens (tertiary/aromatic N) is 1. The molecule has 0 amide bonds. The Labute approximate surface area is 77.5 Å². The first kappa shape index (κ1) is 9.71. The first-order valence-corrected chi connectivity index (χ1v) is 4.31. The summed E-state index contributed by atoms with van der Waals surface area (Å²) in [4.78, 5) is 10.5. The van der Waals surface area contributed by atoms with Crippen molar-refractivity contribution in [1.29, 1.82) is 0 Å². The first-order valence-electron chi connectivity index (χ1n) is 4.31. The SMILES string of the molecule is CCc1c(C)ccc(C)c1[N+](=O)[O-]. The molecule has 0 bridgehead atoms. The van der Waals surface area contributed by atoms with E-state index in [4.69, 9.17) is 0 Å². The van der Waals surface area contributed by atoms with E-state index in [0.29, 0.717) is 6.42 Å². The highest BCUT2D eigenvalue weighted by molar-refractivity contribution is 5.50.